The molecule has 5 aliphatic rings. The van der Waals surface area contributed by atoms with Crippen molar-refractivity contribution in [2.24, 2.45) is 40.4 Å². The standard InChI is InChI=1S/C23H38OS2/c1-21-10-8-16(24)14-15(21)4-5-17-18-6-7-20(23(3)25-12-13-26-23)22(18,2)11-9-19(17)21/h15-20,24H,4-14H2,1-3H3/t15-,16+,17?,18?,19?,20-,21-,22-/m0/s1. The summed E-state index contributed by atoms with van der Waals surface area (Å²) >= 11 is 4.56. The molecule has 1 aliphatic heterocycles. The molecule has 8 atom stereocenters. The lowest BCUT2D eigenvalue weighted by molar-refractivity contribution is -0.126. The van der Waals surface area contributed by atoms with E-state index in [-0.39, 0.29) is 6.10 Å². The minimum Gasteiger partial charge on any atom is -0.393 e. The highest BCUT2D eigenvalue weighted by molar-refractivity contribution is 8.21. The second-order valence-corrected chi connectivity index (χ2v) is 14.3. The van der Waals surface area contributed by atoms with Gasteiger partial charge in [-0.2, -0.15) is 0 Å². The third kappa shape index (κ3) is 2.54. The maximum atomic E-state index is 10.2. The quantitative estimate of drug-likeness (QED) is 0.571. The predicted octanol–water partition coefficient (Wildman–Crippen LogP) is 6.20. The van der Waals surface area contributed by atoms with E-state index in [1.165, 1.54) is 56.5 Å². The molecule has 0 aromatic carbocycles. The minimum atomic E-state index is -0.00860. The van der Waals surface area contributed by atoms with Gasteiger partial charge in [-0.1, -0.05) is 13.8 Å². The minimum absolute atomic E-state index is 0.00860. The number of aliphatic hydroxyl groups is 1. The maximum Gasteiger partial charge on any atom is 0.0616 e. The number of rotatable bonds is 1. The second-order valence-electron chi connectivity index (χ2n) is 11.0. The summed E-state index contributed by atoms with van der Waals surface area (Å²) in [5.41, 5.74) is 1.12. The summed E-state index contributed by atoms with van der Waals surface area (Å²) < 4.78 is 0.492. The van der Waals surface area contributed by atoms with Crippen LogP contribution < -0.4 is 0 Å². The third-order valence-electron chi connectivity index (χ3n) is 10.1. The van der Waals surface area contributed by atoms with Gasteiger partial charge in [-0.15, -0.1) is 23.5 Å². The van der Waals surface area contributed by atoms with Crippen molar-refractivity contribution < 1.29 is 5.11 Å². The van der Waals surface area contributed by atoms with E-state index in [9.17, 15) is 5.11 Å². The van der Waals surface area contributed by atoms with Crippen LogP contribution in [0.2, 0.25) is 0 Å². The largest absolute Gasteiger partial charge is 0.393 e. The normalized spacial score (nSPS) is 55.8. The fourth-order valence-electron chi connectivity index (χ4n) is 8.83. The highest BCUT2D eigenvalue weighted by Gasteiger charge is 2.63. The molecule has 1 saturated heterocycles. The average molecular weight is 395 g/mol. The molecule has 0 spiro atoms. The molecule has 0 bridgehead atoms. The van der Waals surface area contributed by atoms with Crippen molar-refractivity contribution in [2.45, 2.75) is 88.7 Å². The number of hydrogen-bond donors (Lipinski definition) is 1. The Labute approximate surface area is 169 Å². The summed E-state index contributed by atoms with van der Waals surface area (Å²) in [6, 6.07) is 0. The monoisotopic (exact) mass is 394 g/mol. The molecule has 4 aliphatic carbocycles. The van der Waals surface area contributed by atoms with Crippen LogP contribution in [0.3, 0.4) is 0 Å². The van der Waals surface area contributed by atoms with Crippen LogP contribution in [0, 0.1) is 40.4 Å². The predicted molar refractivity (Wildman–Crippen MR) is 115 cm³/mol. The molecule has 0 amide bonds. The molecule has 1 heterocycles. The zero-order valence-corrected chi connectivity index (χ0v) is 18.6. The molecular weight excluding hydrogens is 356 g/mol. The van der Waals surface area contributed by atoms with E-state index in [1.54, 1.807) is 0 Å². The molecule has 0 aromatic heterocycles. The van der Waals surface area contributed by atoms with Gasteiger partial charge >= 0.3 is 0 Å². The number of fused-ring (bicyclic) bond motifs is 5. The molecular formula is C23H38OS2. The first kappa shape index (κ1) is 18.7. The first-order valence-corrected chi connectivity index (χ1v) is 13.3. The Morgan fingerprint density at radius 1 is 0.769 bits per heavy atom. The molecule has 5 rings (SSSR count). The Bertz CT molecular complexity index is 558. The van der Waals surface area contributed by atoms with Gasteiger partial charge in [-0.05, 0) is 105 Å². The van der Waals surface area contributed by atoms with Crippen LogP contribution >= 0.6 is 23.5 Å². The Balaban J connectivity index is 1.41. The molecule has 3 unspecified atom stereocenters. The Hall–Kier alpha value is 0.660. The lowest BCUT2D eigenvalue weighted by Crippen LogP contribution is -2.54. The van der Waals surface area contributed by atoms with Crippen molar-refractivity contribution in [3.05, 3.63) is 0 Å². The molecule has 5 fully saturated rings. The lowest BCUT2D eigenvalue weighted by Gasteiger charge is -2.61. The smallest absolute Gasteiger partial charge is 0.0616 e. The van der Waals surface area contributed by atoms with Crippen molar-refractivity contribution in [1.82, 2.24) is 0 Å². The zero-order valence-electron chi connectivity index (χ0n) is 17.0. The average Bonchev–Trinajstić information content (AvgIpc) is 3.19. The van der Waals surface area contributed by atoms with E-state index < -0.39 is 0 Å². The second kappa shape index (κ2) is 6.33. The third-order valence-corrected chi connectivity index (χ3v) is 13.6. The van der Waals surface area contributed by atoms with Crippen LogP contribution in [0.25, 0.3) is 0 Å². The van der Waals surface area contributed by atoms with Gasteiger partial charge in [0.1, 0.15) is 0 Å². The topological polar surface area (TPSA) is 20.2 Å². The van der Waals surface area contributed by atoms with E-state index >= 15 is 0 Å². The van der Waals surface area contributed by atoms with Gasteiger partial charge in [0.25, 0.3) is 0 Å². The first-order chi connectivity index (χ1) is 12.4. The van der Waals surface area contributed by atoms with Gasteiger partial charge in [0.15, 0.2) is 0 Å². The number of thioether (sulfide) groups is 2. The Morgan fingerprint density at radius 3 is 2.23 bits per heavy atom. The maximum absolute atomic E-state index is 10.2. The first-order valence-electron chi connectivity index (χ1n) is 11.3. The Kier molecular flexibility index (Phi) is 4.54. The summed E-state index contributed by atoms with van der Waals surface area (Å²) in [4.78, 5) is 0. The number of aliphatic hydroxyl groups excluding tert-OH is 1. The zero-order chi connectivity index (χ0) is 18.2. The summed E-state index contributed by atoms with van der Waals surface area (Å²) in [6.07, 6.45) is 12.2. The van der Waals surface area contributed by atoms with Crippen LogP contribution in [-0.2, 0) is 0 Å². The van der Waals surface area contributed by atoms with Gasteiger partial charge in [-0.25, -0.2) is 0 Å². The summed E-state index contributed by atoms with van der Waals surface area (Å²) in [7, 11) is 0. The summed E-state index contributed by atoms with van der Waals surface area (Å²) in [5, 5.41) is 10.2. The molecule has 0 aromatic rings. The van der Waals surface area contributed by atoms with E-state index in [4.69, 9.17) is 0 Å². The van der Waals surface area contributed by atoms with Crippen molar-refractivity contribution in [3.8, 4) is 0 Å². The van der Waals surface area contributed by atoms with Crippen LogP contribution in [0.1, 0.15) is 78.6 Å². The van der Waals surface area contributed by atoms with Crippen molar-refractivity contribution in [3.63, 3.8) is 0 Å². The van der Waals surface area contributed by atoms with Gasteiger partial charge < -0.3 is 5.11 Å². The lowest BCUT2D eigenvalue weighted by atomic mass is 9.44. The summed E-state index contributed by atoms with van der Waals surface area (Å²) in [5.74, 6) is 7.37. The molecule has 148 valence electrons. The van der Waals surface area contributed by atoms with Crippen LogP contribution in [0.5, 0.6) is 0 Å². The summed E-state index contributed by atoms with van der Waals surface area (Å²) in [6.45, 7) is 7.91. The van der Waals surface area contributed by atoms with Crippen molar-refractivity contribution in [2.75, 3.05) is 11.5 Å². The fourth-order valence-corrected chi connectivity index (χ4v) is 12.3. The van der Waals surface area contributed by atoms with Crippen LogP contribution in [0.4, 0.5) is 0 Å². The van der Waals surface area contributed by atoms with Gasteiger partial charge in [0.2, 0.25) is 0 Å². The van der Waals surface area contributed by atoms with E-state index in [0.717, 1.165) is 42.4 Å². The molecule has 1 nitrogen and oxygen atoms in total. The highest BCUT2D eigenvalue weighted by atomic mass is 32.2. The molecule has 3 heteroatoms. The Morgan fingerprint density at radius 2 is 1.46 bits per heavy atom. The van der Waals surface area contributed by atoms with E-state index in [1.807, 2.05) is 0 Å². The molecule has 0 radical (unpaired) electrons. The number of hydrogen-bond acceptors (Lipinski definition) is 3. The van der Waals surface area contributed by atoms with E-state index in [2.05, 4.69) is 44.3 Å². The molecule has 26 heavy (non-hydrogen) atoms. The van der Waals surface area contributed by atoms with Crippen LogP contribution in [-0.4, -0.2) is 26.8 Å². The highest BCUT2D eigenvalue weighted by Crippen LogP contribution is 2.71. The van der Waals surface area contributed by atoms with Crippen LogP contribution in [0.15, 0.2) is 0 Å². The van der Waals surface area contributed by atoms with Crippen molar-refractivity contribution >= 4 is 23.5 Å². The molecule has 1 N–H and O–H groups in total. The SMILES string of the molecule is CC1([C@H]2CCC3C4CC[C@H]5C[C@H](O)CC[C@]5(C)C4CC[C@@]32C)SCCS1. The van der Waals surface area contributed by atoms with Gasteiger partial charge in [-0.3, -0.25) is 0 Å². The fraction of sp³-hybridized carbons (Fsp3) is 1.00. The van der Waals surface area contributed by atoms with Gasteiger partial charge in [0, 0.05) is 11.5 Å². The van der Waals surface area contributed by atoms with Crippen molar-refractivity contribution in [1.29, 1.82) is 0 Å². The molecule has 4 saturated carbocycles. The van der Waals surface area contributed by atoms with Gasteiger partial charge in [0.05, 0.1) is 10.2 Å². The van der Waals surface area contributed by atoms with E-state index in [0.29, 0.717) is 14.9 Å².